The van der Waals surface area contributed by atoms with Crippen LogP contribution in [0.1, 0.15) is 35.2 Å². The lowest BCUT2D eigenvalue weighted by Gasteiger charge is -2.31. The van der Waals surface area contributed by atoms with Crippen LogP contribution < -0.4 is 15.5 Å². The second-order valence-corrected chi connectivity index (χ2v) is 7.63. The van der Waals surface area contributed by atoms with E-state index in [1.165, 1.54) is 6.07 Å². The van der Waals surface area contributed by atoms with E-state index in [0.717, 1.165) is 32.4 Å². The second kappa shape index (κ2) is 5.64. The first-order valence-corrected chi connectivity index (χ1v) is 9.16. The molecule has 4 heterocycles. The lowest BCUT2D eigenvalue weighted by Crippen LogP contribution is -2.46. The van der Waals surface area contributed by atoms with Crippen LogP contribution in [0.5, 0.6) is 0 Å². The molecule has 134 valence electrons. The van der Waals surface area contributed by atoms with Crippen molar-refractivity contribution in [2.24, 2.45) is 0 Å². The predicted octanol–water partition coefficient (Wildman–Crippen LogP) is 1.22. The molecule has 5 rings (SSSR count). The third-order valence-electron chi connectivity index (χ3n) is 6.17. The molecule has 5 nitrogen and oxygen atoms in total. The van der Waals surface area contributed by atoms with Gasteiger partial charge in [0.1, 0.15) is 5.82 Å². The minimum Gasteiger partial charge on any atom is -0.363 e. The summed E-state index contributed by atoms with van der Waals surface area (Å²) in [6.45, 7) is 3.31. The van der Waals surface area contributed by atoms with Crippen LogP contribution in [0, 0.1) is 11.6 Å². The Morgan fingerprint density at radius 2 is 2.04 bits per heavy atom. The molecule has 2 N–H and O–H groups in total. The minimum atomic E-state index is -0.585. The van der Waals surface area contributed by atoms with Gasteiger partial charge < -0.3 is 20.4 Å². The van der Waals surface area contributed by atoms with Crippen molar-refractivity contribution in [3.8, 4) is 0 Å². The van der Waals surface area contributed by atoms with Gasteiger partial charge in [0.2, 0.25) is 0 Å². The summed E-state index contributed by atoms with van der Waals surface area (Å²) in [6.07, 6.45) is 2.83. The number of carbonyl (C=O) groups is 1. The van der Waals surface area contributed by atoms with Crippen molar-refractivity contribution in [1.29, 1.82) is 0 Å². The number of nitrogens with zero attached hydrogens (tertiary/aromatic N) is 2. The van der Waals surface area contributed by atoms with Crippen LogP contribution in [0.15, 0.2) is 6.07 Å². The Morgan fingerprint density at radius 1 is 1.16 bits per heavy atom. The maximum Gasteiger partial charge on any atom is 0.257 e. The van der Waals surface area contributed by atoms with E-state index in [1.54, 1.807) is 4.90 Å². The third-order valence-corrected chi connectivity index (χ3v) is 6.17. The quantitative estimate of drug-likeness (QED) is 0.844. The molecule has 3 unspecified atom stereocenters. The van der Waals surface area contributed by atoms with Crippen LogP contribution in [0.4, 0.5) is 14.5 Å². The van der Waals surface area contributed by atoms with Crippen molar-refractivity contribution < 1.29 is 13.6 Å². The highest BCUT2D eigenvalue weighted by atomic mass is 19.1. The zero-order valence-corrected chi connectivity index (χ0v) is 14.0. The minimum absolute atomic E-state index is 0.0166. The molecule has 3 fully saturated rings. The first-order valence-electron chi connectivity index (χ1n) is 9.16. The second-order valence-electron chi connectivity index (χ2n) is 7.63. The van der Waals surface area contributed by atoms with Crippen LogP contribution in [-0.2, 0) is 6.54 Å². The van der Waals surface area contributed by atoms with Crippen LogP contribution in [0.2, 0.25) is 0 Å². The molecular formula is C18H22F2N4O. The molecule has 0 radical (unpaired) electrons. The largest absolute Gasteiger partial charge is 0.363 e. The summed E-state index contributed by atoms with van der Waals surface area (Å²) in [5, 5.41) is 6.64. The average molecular weight is 348 g/mol. The molecule has 0 aliphatic carbocycles. The highest BCUT2D eigenvalue weighted by Crippen LogP contribution is 2.38. The van der Waals surface area contributed by atoms with Crippen LogP contribution in [0.25, 0.3) is 0 Å². The number of benzene rings is 1. The molecule has 3 saturated heterocycles. The number of hydrogen-bond donors (Lipinski definition) is 2. The first kappa shape index (κ1) is 15.5. The number of hydrogen-bond acceptors (Lipinski definition) is 4. The summed E-state index contributed by atoms with van der Waals surface area (Å²) < 4.78 is 30.0. The molecule has 0 aromatic heterocycles. The van der Waals surface area contributed by atoms with Gasteiger partial charge in [-0.3, -0.25) is 4.79 Å². The monoisotopic (exact) mass is 348 g/mol. The number of amides is 1. The molecule has 25 heavy (non-hydrogen) atoms. The SMILES string of the molecule is O=C1c2c(F)cc(N3CC4CC3CN4)c(F)c2CN1C1CCCNC1. The molecule has 0 saturated carbocycles. The molecular weight excluding hydrogens is 326 g/mol. The Hall–Kier alpha value is -1.73. The van der Waals surface area contributed by atoms with Gasteiger partial charge in [-0.25, -0.2) is 8.78 Å². The van der Waals surface area contributed by atoms with Gasteiger partial charge in [-0.05, 0) is 25.8 Å². The van der Waals surface area contributed by atoms with Gasteiger partial charge in [-0.15, -0.1) is 0 Å². The van der Waals surface area contributed by atoms with Crippen molar-refractivity contribution in [2.45, 2.75) is 43.9 Å². The summed E-state index contributed by atoms with van der Waals surface area (Å²) in [4.78, 5) is 16.3. The maximum absolute atomic E-state index is 15.2. The number of halogens is 2. The van der Waals surface area contributed by atoms with Gasteiger partial charge in [0.05, 0.1) is 17.8 Å². The van der Waals surface area contributed by atoms with Crippen LogP contribution >= 0.6 is 0 Å². The van der Waals surface area contributed by atoms with Gasteiger partial charge >= 0.3 is 0 Å². The standard InChI is InChI=1S/C18H22F2N4O/c19-14-5-15(23-8-10-4-12(23)7-22-10)17(20)13-9-24(18(25)16(13)14)11-2-1-3-21-6-11/h5,10-12,21-22H,1-4,6-9H2. The van der Waals surface area contributed by atoms with E-state index in [1.807, 2.05) is 4.90 Å². The van der Waals surface area contributed by atoms with E-state index >= 15 is 4.39 Å². The zero-order chi connectivity index (χ0) is 17.1. The summed E-state index contributed by atoms with van der Waals surface area (Å²) in [7, 11) is 0. The summed E-state index contributed by atoms with van der Waals surface area (Å²) >= 11 is 0. The molecule has 3 atom stereocenters. The third kappa shape index (κ3) is 2.29. The predicted molar refractivity (Wildman–Crippen MR) is 89.7 cm³/mol. The van der Waals surface area contributed by atoms with Gasteiger partial charge in [0, 0.05) is 49.4 Å². The maximum atomic E-state index is 15.2. The molecule has 4 aliphatic heterocycles. The van der Waals surface area contributed by atoms with Gasteiger partial charge in [-0.1, -0.05) is 0 Å². The van der Waals surface area contributed by atoms with Gasteiger partial charge in [0.15, 0.2) is 5.82 Å². The number of piperazine rings is 1. The Balaban J connectivity index is 1.50. The molecule has 1 amide bonds. The lowest BCUT2D eigenvalue weighted by atomic mass is 10.1. The van der Waals surface area contributed by atoms with Crippen LogP contribution in [0.3, 0.4) is 0 Å². The molecule has 7 heteroatoms. The van der Waals surface area contributed by atoms with Gasteiger partial charge in [-0.2, -0.15) is 0 Å². The molecule has 4 aliphatic rings. The summed E-state index contributed by atoms with van der Waals surface area (Å²) in [5.41, 5.74) is 0.497. The number of anilines is 1. The highest BCUT2D eigenvalue weighted by Gasteiger charge is 2.42. The van der Waals surface area contributed by atoms with E-state index < -0.39 is 11.6 Å². The number of piperidine rings is 1. The Bertz CT molecular complexity index is 734. The Kier molecular flexibility index (Phi) is 3.50. The van der Waals surface area contributed by atoms with Crippen molar-refractivity contribution in [3.05, 3.63) is 28.8 Å². The normalized spacial score (nSPS) is 31.1. The van der Waals surface area contributed by atoms with Crippen molar-refractivity contribution >= 4 is 11.6 Å². The average Bonchev–Trinajstić information content (AvgIpc) is 3.33. The smallest absolute Gasteiger partial charge is 0.257 e. The zero-order valence-electron chi connectivity index (χ0n) is 14.0. The van der Waals surface area contributed by atoms with E-state index in [9.17, 15) is 9.18 Å². The number of rotatable bonds is 2. The van der Waals surface area contributed by atoms with Gasteiger partial charge in [0.25, 0.3) is 5.91 Å². The number of nitrogens with one attached hydrogen (secondary N) is 2. The fourth-order valence-electron chi connectivity index (χ4n) is 4.89. The fourth-order valence-corrected chi connectivity index (χ4v) is 4.89. The lowest BCUT2D eigenvalue weighted by molar-refractivity contribution is 0.0671. The molecule has 1 aromatic carbocycles. The topological polar surface area (TPSA) is 47.6 Å². The van der Waals surface area contributed by atoms with E-state index in [-0.39, 0.29) is 35.7 Å². The van der Waals surface area contributed by atoms with Crippen molar-refractivity contribution in [1.82, 2.24) is 15.5 Å². The van der Waals surface area contributed by atoms with Crippen LogP contribution in [-0.4, -0.2) is 55.1 Å². The number of fused-ring (bicyclic) bond motifs is 3. The highest BCUT2D eigenvalue weighted by molar-refractivity contribution is 5.99. The fraction of sp³-hybridized carbons (Fsp3) is 0.611. The molecule has 1 aromatic rings. The summed E-state index contributed by atoms with van der Waals surface area (Å²) in [5.74, 6) is -1.36. The Morgan fingerprint density at radius 3 is 2.72 bits per heavy atom. The van der Waals surface area contributed by atoms with Crippen molar-refractivity contribution in [2.75, 3.05) is 31.1 Å². The molecule has 2 bridgehead atoms. The van der Waals surface area contributed by atoms with E-state index in [2.05, 4.69) is 10.6 Å². The number of carbonyl (C=O) groups excluding carboxylic acids is 1. The summed E-state index contributed by atoms with van der Waals surface area (Å²) in [6, 6.07) is 1.82. The first-order chi connectivity index (χ1) is 12.1. The Labute approximate surface area is 145 Å². The van der Waals surface area contributed by atoms with E-state index in [4.69, 9.17) is 0 Å². The molecule has 0 spiro atoms. The van der Waals surface area contributed by atoms with Crippen molar-refractivity contribution in [3.63, 3.8) is 0 Å². The van der Waals surface area contributed by atoms with E-state index in [0.29, 0.717) is 24.8 Å².